The Labute approximate surface area is 179 Å². The molecular formula is C23H33N3O4. The second kappa shape index (κ2) is 7.85. The first-order valence-corrected chi connectivity index (χ1v) is 11.2. The van der Waals surface area contributed by atoms with Gasteiger partial charge < -0.3 is 24.6 Å². The number of likely N-dealkylation sites (tertiary alicyclic amines) is 1. The molecule has 30 heavy (non-hydrogen) atoms. The van der Waals surface area contributed by atoms with Gasteiger partial charge in [-0.15, -0.1) is 0 Å². The minimum atomic E-state index is -0.363. The molecule has 5 rings (SSSR count). The van der Waals surface area contributed by atoms with E-state index in [1.54, 1.807) is 7.11 Å². The topological polar surface area (TPSA) is 71.1 Å². The molecular weight excluding hydrogens is 382 g/mol. The number of rotatable bonds is 4. The summed E-state index contributed by atoms with van der Waals surface area (Å²) in [6.45, 7) is 2.62. The standard InChI is InChI=1S/C23H31N3O4.H2/c1-29-12-13-30-22(28)26-16-6-7-17(26)15-18(14-16)25-10-8-23(9-11-25)19-4-2-3-5-20(19)24-21(23)27;/h2-5,16-18H,6-15H2,1H3,(H,24,27);1H. The molecule has 7 heteroatoms. The lowest BCUT2D eigenvalue weighted by Gasteiger charge is -2.46. The highest BCUT2D eigenvalue weighted by molar-refractivity contribution is 6.06. The van der Waals surface area contributed by atoms with Crippen LogP contribution in [0.1, 0.15) is 45.5 Å². The lowest BCUT2D eigenvalue weighted by Crippen LogP contribution is -2.56. The Morgan fingerprint density at radius 2 is 1.83 bits per heavy atom. The summed E-state index contributed by atoms with van der Waals surface area (Å²) in [5.74, 6) is 0.164. The first kappa shape index (κ1) is 19.8. The molecule has 0 saturated carbocycles. The summed E-state index contributed by atoms with van der Waals surface area (Å²) in [4.78, 5) is 29.9. The fraction of sp³-hybridized carbons (Fsp3) is 0.652. The molecule has 1 N–H and O–H groups in total. The quantitative estimate of drug-likeness (QED) is 0.766. The Kier molecular flexibility index (Phi) is 5.19. The number of nitrogens with one attached hydrogen (secondary N) is 1. The molecule has 0 aliphatic carbocycles. The molecule has 0 radical (unpaired) electrons. The van der Waals surface area contributed by atoms with E-state index >= 15 is 0 Å². The van der Waals surface area contributed by atoms with Crippen LogP contribution in [0.4, 0.5) is 10.5 Å². The predicted molar refractivity (Wildman–Crippen MR) is 115 cm³/mol. The van der Waals surface area contributed by atoms with E-state index < -0.39 is 0 Å². The van der Waals surface area contributed by atoms with E-state index in [1.165, 1.54) is 5.56 Å². The van der Waals surface area contributed by atoms with Gasteiger partial charge in [-0.1, -0.05) is 18.2 Å². The third-order valence-corrected chi connectivity index (χ3v) is 7.73. The summed E-state index contributed by atoms with van der Waals surface area (Å²) >= 11 is 0. The second-order valence-corrected chi connectivity index (χ2v) is 9.14. The van der Waals surface area contributed by atoms with Crippen LogP contribution in [-0.4, -0.2) is 73.3 Å². The smallest absolute Gasteiger partial charge is 0.410 e. The molecule has 2 amide bonds. The number of para-hydroxylation sites is 1. The van der Waals surface area contributed by atoms with E-state index in [0.29, 0.717) is 19.3 Å². The largest absolute Gasteiger partial charge is 0.447 e. The van der Waals surface area contributed by atoms with Crippen LogP contribution in [-0.2, 0) is 19.7 Å². The van der Waals surface area contributed by atoms with E-state index in [2.05, 4.69) is 16.3 Å². The normalized spacial score (nSPS) is 29.7. The lowest BCUT2D eigenvalue weighted by molar-refractivity contribution is -0.123. The minimum absolute atomic E-state index is 0. The Morgan fingerprint density at radius 1 is 1.13 bits per heavy atom. The van der Waals surface area contributed by atoms with Crippen LogP contribution < -0.4 is 5.32 Å². The monoisotopic (exact) mass is 415 g/mol. The number of anilines is 1. The van der Waals surface area contributed by atoms with Gasteiger partial charge in [0.2, 0.25) is 5.91 Å². The fourth-order valence-electron chi connectivity index (χ4n) is 6.17. The molecule has 2 bridgehead atoms. The van der Waals surface area contributed by atoms with E-state index in [-0.39, 0.29) is 30.9 Å². The van der Waals surface area contributed by atoms with Gasteiger partial charge in [0.1, 0.15) is 6.61 Å². The van der Waals surface area contributed by atoms with Crippen LogP contribution in [0.25, 0.3) is 0 Å². The summed E-state index contributed by atoms with van der Waals surface area (Å²) in [5, 5.41) is 3.09. The van der Waals surface area contributed by atoms with Crippen molar-refractivity contribution >= 4 is 17.7 Å². The average molecular weight is 416 g/mol. The summed E-state index contributed by atoms with van der Waals surface area (Å²) in [6.07, 6.45) is 5.68. The summed E-state index contributed by atoms with van der Waals surface area (Å²) < 4.78 is 10.4. The van der Waals surface area contributed by atoms with E-state index in [4.69, 9.17) is 9.47 Å². The van der Waals surface area contributed by atoms with Crippen molar-refractivity contribution in [1.82, 2.24) is 9.80 Å². The Bertz CT molecular complexity index is 813. The number of piperidine rings is 2. The molecule has 1 spiro atoms. The van der Waals surface area contributed by atoms with Crippen molar-refractivity contribution in [2.75, 3.05) is 38.7 Å². The first-order chi connectivity index (χ1) is 14.6. The van der Waals surface area contributed by atoms with Gasteiger partial charge in [-0.05, 0) is 63.2 Å². The molecule has 0 aromatic heterocycles. The highest BCUT2D eigenvalue weighted by Crippen LogP contribution is 2.46. The second-order valence-electron chi connectivity index (χ2n) is 9.14. The van der Waals surface area contributed by atoms with E-state index in [0.717, 1.165) is 57.3 Å². The molecule has 4 aliphatic rings. The summed E-state index contributed by atoms with van der Waals surface area (Å²) in [7, 11) is 1.61. The zero-order chi connectivity index (χ0) is 20.7. The van der Waals surface area contributed by atoms with Crippen LogP contribution in [0, 0.1) is 0 Å². The maximum atomic E-state index is 12.8. The SMILES string of the molecule is COCCOC(=O)N1C2CCC1CC(N1CCC3(CC1)C(=O)Nc1ccccc13)C2.[HH]. The van der Waals surface area contributed by atoms with Gasteiger partial charge in [0, 0.05) is 32.3 Å². The van der Waals surface area contributed by atoms with Crippen LogP contribution >= 0.6 is 0 Å². The van der Waals surface area contributed by atoms with Crippen molar-refractivity contribution in [3.8, 4) is 0 Å². The fourth-order valence-corrected chi connectivity index (χ4v) is 6.17. The van der Waals surface area contributed by atoms with Gasteiger partial charge in [-0.2, -0.15) is 0 Å². The Morgan fingerprint density at radius 3 is 2.53 bits per heavy atom. The van der Waals surface area contributed by atoms with Gasteiger partial charge in [0.25, 0.3) is 0 Å². The average Bonchev–Trinajstić information content (AvgIpc) is 3.19. The third kappa shape index (κ3) is 3.19. The molecule has 2 unspecified atom stereocenters. The molecule has 3 saturated heterocycles. The number of hydrogen-bond donors (Lipinski definition) is 1. The maximum absolute atomic E-state index is 12.8. The summed E-state index contributed by atoms with van der Waals surface area (Å²) in [6, 6.07) is 9.17. The number of methoxy groups -OCH3 is 1. The van der Waals surface area contributed by atoms with Gasteiger partial charge in [-0.3, -0.25) is 4.79 Å². The first-order valence-electron chi connectivity index (χ1n) is 11.2. The number of amides is 2. The van der Waals surface area contributed by atoms with Crippen molar-refractivity contribution in [3.63, 3.8) is 0 Å². The zero-order valence-electron chi connectivity index (χ0n) is 17.6. The number of benzene rings is 1. The highest BCUT2D eigenvalue weighted by atomic mass is 16.6. The predicted octanol–water partition coefficient (Wildman–Crippen LogP) is 3.00. The molecule has 4 heterocycles. The number of ether oxygens (including phenoxy) is 2. The molecule has 1 aromatic carbocycles. The van der Waals surface area contributed by atoms with Gasteiger partial charge in [-0.25, -0.2) is 4.79 Å². The molecule has 1 aromatic rings. The van der Waals surface area contributed by atoms with Crippen molar-refractivity contribution in [1.29, 1.82) is 0 Å². The van der Waals surface area contributed by atoms with Gasteiger partial charge in [0.05, 0.1) is 12.0 Å². The van der Waals surface area contributed by atoms with Crippen LogP contribution in [0.2, 0.25) is 0 Å². The van der Waals surface area contributed by atoms with Gasteiger partial charge in [0.15, 0.2) is 0 Å². The van der Waals surface area contributed by atoms with Crippen LogP contribution in [0.15, 0.2) is 24.3 Å². The maximum Gasteiger partial charge on any atom is 0.410 e. The number of hydrogen-bond acceptors (Lipinski definition) is 5. The van der Waals surface area contributed by atoms with Gasteiger partial charge >= 0.3 is 6.09 Å². The third-order valence-electron chi connectivity index (χ3n) is 7.73. The molecule has 164 valence electrons. The Balaban J connectivity index is 0.00000231. The molecule has 4 aliphatic heterocycles. The van der Waals surface area contributed by atoms with Crippen molar-refractivity contribution < 1.29 is 20.5 Å². The van der Waals surface area contributed by atoms with Crippen LogP contribution in [0.3, 0.4) is 0 Å². The molecule has 7 nitrogen and oxygen atoms in total. The van der Waals surface area contributed by atoms with Crippen molar-refractivity contribution in [3.05, 3.63) is 29.8 Å². The molecule has 2 atom stereocenters. The number of fused-ring (bicyclic) bond motifs is 4. The lowest BCUT2D eigenvalue weighted by atomic mass is 9.73. The van der Waals surface area contributed by atoms with Crippen LogP contribution in [0.5, 0.6) is 0 Å². The summed E-state index contributed by atoms with van der Waals surface area (Å²) in [5.41, 5.74) is 1.79. The van der Waals surface area contributed by atoms with Crippen molar-refractivity contribution in [2.24, 2.45) is 0 Å². The minimum Gasteiger partial charge on any atom is -0.447 e. The van der Waals surface area contributed by atoms with E-state index in [9.17, 15) is 9.59 Å². The highest BCUT2D eigenvalue weighted by Gasteiger charge is 2.51. The molecule has 3 fully saturated rings. The number of carbonyl (C=O) groups excluding carboxylic acids is 2. The number of nitrogens with zero attached hydrogens (tertiary/aromatic N) is 2. The van der Waals surface area contributed by atoms with Crippen molar-refractivity contribution in [2.45, 2.75) is 62.1 Å². The Hall–Kier alpha value is -2.12. The zero-order valence-corrected chi connectivity index (χ0v) is 17.6. The number of carbonyl (C=O) groups is 2. The van der Waals surface area contributed by atoms with E-state index in [1.807, 2.05) is 23.1 Å².